The number of aliphatic carboxylic acids is 1. The van der Waals surface area contributed by atoms with E-state index in [4.69, 9.17) is 5.11 Å². The minimum absolute atomic E-state index is 0.0227. The van der Waals surface area contributed by atoms with Gasteiger partial charge in [0.25, 0.3) is 0 Å². The van der Waals surface area contributed by atoms with Crippen molar-refractivity contribution in [2.45, 2.75) is 65.2 Å². The Morgan fingerprint density at radius 1 is 1.04 bits per heavy atom. The Kier molecular flexibility index (Phi) is 7.17. The third-order valence-electron chi connectivity index (χ3n) is 4.84. The molecule has 0 atom stereocenters. The first-order valence-corrected chi connectivity index (χ1v) is 9.32. The Balaban J connectivity index is 2.21. The van der Waals surface area contributed by atoms with Gasteiger partial charge in [-0.1, -0.05) is 69.4 Å². The zero-order valence-electron chi connectivity index (χ0n) is 15.3. The number of unbranched alkanes of at least 4 members (excludes halogenated alkanes) is 5. The standard InChI is InChI=1S/C22H28O3/c1-3-4-5-6-7-8-11-17-16(2)22(25)20-13-10-9-12-18(20)19(17)14-15-21(23)24/h9-10,12-14H,3-8,11,15H2,1-2H3,(H,23,24)/b19-14+. The van der Waals surface area contributed by atoms with E-state index in [1.807, 2.05) is 31.2 Å². The Bertz CT molecular complexity index is 695. The molecule has 0 spiro atoms. The highest BCUT2D eigenvalue weighted by molar-refractivity contribution is 6.17. The minimum atomic E-state index is -0.849. The van der Waals surface area contributed by atoms with E-state index in [-0.39, 0.29) is 12.2 Å². The molecule has 0 saturated carbocycles. The first kappa shape index (κ1) is 19.2. The second-order valence-electron chi connectivity index (χ2n) is 6.71. The fourth-order valence-electron chi connectivity index (χ4n) is 3.45. The lowest BCUT2D eigenvalue weighted by Gasteiger charge is -2.23. The Labute approximate surface area is 150 Å². The number of allylic oxidation sites excluding steroid dienone is 3. The average Bonchev–Trinajstić information content (AvgIpc) is 2.61. The zero-order chi connectivity index (χ0) is 18.2. The van der Waals surface area contributed by atoms with Crippen LogP contribution in [0.1, 0.15) is 81.1 Å². The maximum Gasteiger partial charge on any atom is 0.307 e. The maximum absolute atomic E-state index is 12.7. The molecule has 0 bridgehead atoms. The lowest BCUT2D eigenvalue weighted by molar-refractivity contribution is -0.135. The number of benzene rings is 1. The van der Waals surface area contributed by atoms with Gasteiger partial charge in [-0.05, 0) is 36.5 Å². The molecule has 0 unspecified atom stereocenters. The molecule has 3 nitrogen and oxygen atoms in total. The van der Waals surface area contributed by atoms with E-state index in [1.54, 1.807) is 6.08 Å². The average molecular weight is 340 g/mol. The molecule has 0 saturated heterocycles. The predicted octanol–water partition coefficient (Wildman–Crippen LogP) is 5.81. The molecule has 0 amide bonds. The monoisotopic (exact) mass is 340 g/mol. The van der Waals surface area contributed by atoms with Crippen LogP contribution in [0.5, 0.6) is 0 Å². The Morgan fingerprint density at radius 2 is 1.68 bits per heavy atom. The lowest BCUT2D eigenvalue weighted by Crippen LogP contribution is -2.14. The van der Waals surface area contributed by atoms with Crippen LogP contribution in [0, 0.1) is 0 Å². The van der Waals surface area contributed by atoms with Crippen molar-refractivity contribution in [2.75, 3.05) is 0 Å². The summed E-state index contributed by atoms with van der Waals surface area (Å²) in [6.07, 6.45) is 9.76. The van der Waals surface area contributed by atoms with Gasteiger partial charge in [0.2, 0.25) is 0 Å². The number of rotatable bonds is 9. The van der Waals surface area contributed by atoms with Crippen molar-refractivity contribution in [1.29, 1.82) is 0 Å². The summed E-state index contributed by atoms with van der Waals surface area (Å²) in [4.78, 5) is 23.7. The van der Waals surface area contributed by atoms with Gasteiger partial charge < -0.3 is 5.11 Å². The number of carboxylic acids is 1. The van der Waals surface area contributed by atoms with E-state index in [2.05, 4.69) is 6.92 Å². The van der Waals surface area contributed by atoms with Crippen molar-refractivity contribution >= 4 is 17.3 Å². The molecule has 0 fully saturated rings. The molecule has 1 N–H and O–H groups in total. The largest absolute Gasteiger partial charge is 0.481 e. The summed E-state index contributed by atoms with van der Waals surface area (Å²) in [6, 6.07) is 7.52. The lowest BCUT2D eigenvalue weighted by atomic mass is 9.79. The van der Waals surface area contributed by atoms with Gasteiger partial charge in [0.1, 0.15) is 0 Å². The SMILES string of the molecule is CCCCCCCCC1=C(C)C(=O)c2ccccc2/C1=C/CC(=O)O. The molecule has 1 aromatic carbocycles. The maximum atomic E-state index is 12.7. The van der Waals surface area contributed by atoms with E-state index in [9.17, 15) is 9.59 Å². The number of fused-ring (bicyclic) bond motifs is 1. The smallest absolute Gasteiger partial charge is 0.307 e. The third-order valence-corrected chi connectivity index (χ3v) is 4.84. The van der Waals surface area contributed by atoms with E-state index in [0.717, 1.165) is 41.5 Å². The summed E-state index contributed by atoms with van der Waals surface area (Å²) in [5.41, 5.74) is 4.29. The molecule has 1 aromatic rings. The number of ketones is 1. The molecular weight excluding hydrogens is 312 g/mol. The molecule has 0 radical (unpaired) electrons. The van der Waals surface area contributed by atoms with Crippen molar-refractivity contribution in [3.8, 4) is 0 Å². The summed E-state index contributed by atoms with van der Waals surface area (Å²) in [7, 11) is 0. The number of Topliss-reactive ketones (excluding diaryl/α,β-unsaturated/α-hetero) is 1. The molecule has 3 heteroatoms. The fraction of sp³-hybridized carbons (Fsp3) is 0.455. The quantitative estimate of drug-likeness (QED) is 0.577. The molecule has 134 valence electrons. The van der Waals surface area contributed by atoms with E-state index in [0.29, 0.717) is 5.56 Å². The molecule has 0 heterocycles. The number of hydrogen-bond acceptors (Lipinski definition) is 2. The van der Waals surface area contributed by atoms with Crippen molar-refractivity contribution in [3.05, 3.63) is 52.6 Å². The van der Waals surface area contributed by atoms with Gasteiger partial charge in [0.05, 0.1) is 6.42 Å². The number of hydrogen-bond donors (Lipinski definition) is 1. The van der Waals surface area contributed by atoms with Gasteiger partial charge in [-0.2, -0.15) is 0 Å². The van der Waals surface area contributed by atoms with Crippen molar-refractivity contribution in [3.63, 3.8) is 0 Å². The predicted molar refractivity (Wildman–Crippen MR) is 102 cm³/mol. The van der Waals surface area contributed by atoms with Gasteiger partial charge in [-0.15, -0.1) is 0 Å². The van der Waals surface area contributed by atoms with E-state index in [1.165, 1.54) is 25.7 Å². The summed E-state index contributed by atoms with van der Waals surface area (Å²) < 4.78 is 0. The van der Waals surface area contributed by atoms with Crippen LogP contribution in [-0.2, 0) is 4.79 Å². The molecule has 1 aliphatic carbocycles. The van der Waals surface area contributed by atoms with Crippen molar-refractivity contribution in [2.24, 2.45) is 0 Å². The van der Waals surface area contributed by atoms with Crippen LogP contribution >= 0.6 is 0 Å². The molecule has 2 rings (SSSR count). The highest BCUT2D eigenvalue weighted by Crippen LogP contribution is 2.38. The van der Waals surface area contributed by atoms with Gasteiger partial charge >= 0.3 is 5.97 Å². The summed E-state index contributed by atoms with van der Waals surface area (Å²) in [5.74, 6) is -0.775. The third kappa shape index (κ3) is 4.91. The van der Waals surface area contributed by atoms with Crippen LogP contribution in [0.2, 0.25) is 0 Å². The van der Waals surface area contributed by atoms with E-state index >= 15 is 0 Å². The summed E-state index contributed by atoms with van der Waals surface area (Å²) in [5, 5.41) is 9.07. The van der Waals surface area contributed by atoms with Crippen LogP contribution in [-0.4, -0.2) is 16.9 Å². The van der Waals surface area contributed by atoms with Crippen LogP contribution in [0.3, 0.4) is 0 Å². The topological polar surface area (TPSA) is 54.4 Å². The highest BCUT2D eigenvalue weighted by atomic mass is 16.4. The number of carboxylic acid groups (broad SMARTS) is 1. The van der Waals surface area contributed by atoms with Gasteiger partial charge in [0, 0.05) is 11.1 Å². The summed E-state index contributed by atoms with van der Waals surface area (Å²) in [6.45, 7) is 4.08. The van der Waals surface area contributed by atoms with Gasteiger partial charge in [-0.25, -0.2) is 0 Å². The molecule has 0 aliphatic heterocycles. The van der Waals surface area contributed by atoms with Crippen molar-refractivity contribution < 1.29 is 14.7 Å². The molecule has 0 aromatic heterocycles. The van der Waals surface area contributed by atoms with Crippen LogP contribution in [0.25, 0.3) is 5.57 Å². The number of carbonyl (C=O) groups excluding carboxylic acids is 1. The first-order valence-electron chi connectivity index (χ1n) is 9.32. The molecule has 1 aliphatic rings. The first-order chi connectivity index (χ1) is 12.1. The molecular formula is C22H28O3. The van der Waals surface area contributed by atoms with E-state index < -0.39 is 5.97 Å². The number of carbonyl (C=O) groups is 2. The minimum Gasteiger partial charge on any atom is -0.481 e. The van der Waals surface area contributed by atoms with Crippen LogP contribution < -0.4 is 0 Å². The molecule has 25 heavy (non-hydrogen) atoms. The summed E-state index contributed by atoms with van der Waals surface area (Å²) >= 11 is 0. The second kappa shape index (κ2) is 9.36. The fourth-order valence-corrected chi connectivity index (χ4v) is 3.45. The van der Waals surface area contributed by atoms with Crippen LogP contribution in [0.15, 0.2) is 41.5 Å². The Morgan fingerprint density at radius 3 is 2.36 bits per heavy atom. The Hall–Kier alpha value is -2.16. The normalized spacial score (nSPS) is 15.6. The highest BCUT2D eigenvalue weighted by Gasteiger charge is 2.26. The van der Waals surface area contributed by atoms with Crippen LogP contribution in [0.4, 0.5) is 0 Å². The van der Waals surface area contributed by atoms with Gasteiger partial charge in [0.15, 0.2) is 5.78 Å². The van der Waals surface area contributed by atoms with Crippen molar-refractivity contribution in [1.82, 2.24) is 0 Å². The second-order valence-corrected chi connectivity index (χ2v) is 6.71. The zero-order valence-corrected chi connectivity index (χ0v) is 15.3. The van der Waals surface area contributed by atoms with Gasteiger partial charge in [-0.3, -0.25) is 9.59 Å².